The van der Waals surface area contributed by atoms with Crippen molar-refractivity contribution in [1.29, 1.82) is 0 Å². The van der Waals surface area contributed by atoms with Crippen LogP contribution in [0.25, 0.3) is 0 Å². The van der Waals surface area contributed by atoms with Crippen molar-refractivity contribution in [3.8, 4) is 5.75 Å². The minimum Gasteiger partial charge on any atom is -0.484 e. The van der Waals surface area contributed by atoms with E-state index in [2.05, 4.69) is 31.2 Å². The maximum atomic E-state index is 6.22. The number of rotatable bonds is 8. The highest BCUT2D eigenvalue weighted by Crippen LogP contribution is 2.39. The van der Waals surface area contributed by atoms with E-state index in [9.17, 15) is 0 Å². The van der Waals surface area contributed by atoms with Crippen molar-refractivity contribution < 1.29 is 4.74 Å². The van der Waals surface area contributed by atoms with E-state index >= 15 is 0 Å². The minimum absolute atomic E-state index is 0.0575. The molecule has 19 heavy (non-hydrogen) atoms. The number of hydrogen-bond acceptors (Lipinski definition) is 3. The van der Waals surface area contributed by atoms with Crippen LogP contribution < -0.4 is 10.1 Å². The van der Waals surface area contributed by atoms with Crippen LogP contribution in [0.15, 0.2) is 12.4 Å². The zero-order valence-electron chi connectivity index (χ0n) is 12.5. The Kier molecular flexibility index (Phi) is 4.86. The quantitative estimate of drug-likeness (QED) is 0.785. The summed E-state index contributed by atoms with van der Waals surface area (Å²) in [6, 6.07) is 0.546. The summed E-state index contributed by atoms with van der Waals surface area (Å²) < 4.78 is 8.19. The maximum Gasteiger partial charge on any atom is 0.158 e. The molecule has 0 unspecified atom stereocenters. The van der Waals surface area contributed by atoms with Crippen LogP contribution >= 0.6 is 0 Å². The average Bonchev–Trinajstić information content (AvgIpc) is 2.73. The predicted molar refractivity (Wildman–Crippen MR) is 77.5 cm³/mol. The first kappa shape index (κ1) is 14.4. The first-order valence-electron chi connectivity index (χ1n) is 7.58. The second-order valence-electron chi connectivity index (χ2n) is 5.94. The Morgan fingerprint density at radius 2 is 2.26 bits per heavy atom. The van der Waals surface area contributed by atoms with Crippen LogP contribution in [-0.2, 0) is 6.54 Å². The minimum atomic E-state index is 0.0575. The van der Waals surface area contributed by atoms with E-state index in [-0.39, 0.29) is 5.60 Å². The number of hydrogen-bond donors (Lipinski definition) is 1. The molecule has 4 nitrogen and oxygen atoms in total. The summed E-state index contributed by atoms with van der Waals surface area (Å²) in [5.74, 6) is 0.928. The van der Waals surface area contributed by atoms with E-state index in [0.717, 1.165) is 31.7 Å². The Labute approximate surface area is 116 Å². The number of nitrogens with one attached hydrogen (secondary N) is 1. The summed E-state index contributed by atoms with van der Waals surface area (Å²) in [6.07, 6.45) is 9.70. The summed E-state index contributed by atoms with van der Waals surface area (Å²) in [7, 11) is 0. The third kappa shape index (κ3) is 3.96. The zero-order chi connectivity index (χ0) is 13.7. The van der Waals surface area contributed by atoms with Crippen molar-refractivity contribution in [1.82, 2.24) is 15.1 Å². The molecule has 1 fully saturated rings. The number of aromatic nitrogens is 2. The first-order chi connectivity index (χ1) is 9.13. The molecule has 1 N–H and O–H groups in total. The van der Waals surface area contributed by atoms with Crippen molar-refractivity contribution in [2.24, 2.45) is 0 Å². The van der Waals surface area contributed by atoms with Crippen LogP contribution in [0, 0.1) is 0 Å². The highest BCUT2D eigenvalue weighted by molar-refractivity contribution is 5.15. The molecular weight excluding hydrogens is 238 g/mol. The monoisotopic (exact) mass is 265 g/mol. The SMILES string of the molecule is CCCn1cc(OC2(CCNC(C)C)CCC2)cn1. The lowest BCUT2D eigenvalue weighted by molar-refractivity contribution is -0.0146. The van der Waals surface area contributed by atoms with Crippen LogP contribution in [0.3, 0.4) is 0 Å². The smallest absolute Gasteiger partial charge is 0.158 e. The Hall–Kier alpha value is -1.03. The van der Waals surface area contributed by atoms with Gasteiger partial charge >= 0.3 is 0 Å². The Balaban J connectivity index is 1.86. The van der Waals surface area contributed by atoms with Gasteiger partial charge in [-0.05, 0) is 38.6 Å². The standard InChI is InChI=1S/C15H27N3O/c1-4-10-18-12-14(11-17-18)19-15(6-5-7-15)8-9-16-13(2)3/h11-13,16H,4-10H2,1-3H3. The van der Waals surface area contributed by atoms with E-state index in [1.807, 2.05) is 17.1 Å². The van der Waals surface area contributed by atoms with Crippen molar-refractivity contribution in [3.63, 3.8) is 0 Å². The molecule has 1 heterocycles. The molecule has 0 saturated heterocycles. The van der Waals surface area contributed by atoms with Crippen LogP contribution in [0.4, 0.5) is 0 Å². The van der Waals surface area contributed by atoms with Gasteiger partial charge in [-0.2, -0.15) is 5.10 Å². The summed E-state index contributed by atoms with van der Waals surface area (Å²) in [6.45, 7) is 8.52. The van der Waals surface area contributed by atoms with Crippen LogP contribution in [0.2, 0.25) is 0 Å². The number of ether oxygens (including phenoxy) is 1. The fourth-order valence-corrected chi connectivity index (χ4v) is 2.56. The zero-order valence-corrected chi connectivity index (χ0v) is 12.5. The van der Waals surface area contributed by atoms with Gasteiger partial charge in [-0.3, -0.25) is 4.68 Å². The first-order valence-corrected chi connectivity index (χ1v) is 7.58. The van der Waals surface area contributed by atoms with E-state index < -0.39 is 0 Å². The van der Waals surface area contributed by atoms with Crippen LogP contribution in [0.5, 0.6) is 5.75 Å². The van der Waals surface area contributed by atoms with Crippen molar-refractivity contribution in [2.75, 3.05) is 6.54 Å². The molecule has 0 atom stereocenters. The fraction of sp³-hybridized carbons (Fsp3) is 0.800. The molecular formula is C15H27N3O. The third-order valence-corrected chi connectivity index (χ3v) is 3.79. The maximum absolute atomic E-state index is 6.22. The topological polar surface area (TPSA) is 39.1 Å². The fourth-order valence-electron chi connectivity index (χ4n) is 2.56. The van der Waals surface area contributed by atoms with Crippen molar-refractivity contribution in [2.45, 2.75) is 71.1 Å². The summed E-state index contributed by atoms with van der Waals surface area (Å²) >= 11 is 0. The molecule has 0 bridgehead atoms. The van der Waals surface area contributed by atoms with Gasteiger partial charge in [0.2, 0.25) is 0 Å². The molecule has 1 aliphatic rings. The van der Waals surface area contributed by atoms with Gasteiger partial charge in [0.25, 0.3) is 0 Å². The molecule has 0 spiro atoms. The molecule has 0 aromatic carbocycles. The largest absolute Gasteiger partial charge is 0.484 e. The summed E-state index contributed by atoms with van der Waals surface area (Å²) in [5.41, 5.74) is 0.0575. The highest BCUT2D eigenvalue weighted by Gasteiger charge is 2.39. The lowest BCUT2D eigenvalue weighted by atomic mass is 9.77. The predicted octanol–water partition coefficient (Wildman–Crippen LogP) is 2.98. The Bertz CT molecular complexity index is 382. The lowest BCUT2D eigenvalue weighted by Gasteiger charge is -2.41. The Morgan fingerprint density at radius 3 is 2.84 bits per heavy atom. The van der Waals surface area contributed by atoms with Gasteiger partial charge in [-0.25, -0.2) is 0 Å². The van der Waals surface area contributed by atoms with Gasteiger partial charge in [0, 0.05) is 12.6 Å². The van der Waals surface area contributed by atoms with Gasteiger partial charge < -0.3 is 10.1 Å². The van der Waals surface area contributed by atoms with Gasteiger partial charge in [0.05, 0.1) is 12.4 Å². The van der Waals surface area contributed by atoms with Crippen molar-refractivity contribution in [3.05, 3.63) is 12.4 Å². The van der Waals surface area contributed by atoms with Crippen LogP contribution in [0.1, 0.15) is 52.9 Å². The number of nitrogens with zero attached hydrogens (tertiary/aromatic N) is 2. The second kappa shape index (κ2) is 6.42. The summed E-state index contributed by atoms with van der Waals surface area (Å²) in [4.78, 5) is 0. The average molecular weight is 265 g/mol. The molecule has 108 valence electrons. The molecule has 1 aromatic rings. The molecule has 1 saturated carbocycles. The lowest BCUT2D eigenvalue weighted by Crippen LogP contribution is -2.45. The molecule has 2 rings (SSSR count). The second-order valence-corrected chi connectivity index (χ2v) is 5.94. The summed E-state index contributed by atoms with van der Waals surface area (Å²) in [5, 5.41) is 7.81. The number of aryl methyl sites for hydroxylation is 1. The van der Waals surface area contributed by atoms with Gasteiger partial charge in [-0.15, -0.1) is 0 Å². The van der Waals surface area contributed by atoms with E-state index in [1.165, 1.54) is 19.3 Å². The van der Waals surface area contributed by atoms with Gasteiger partial charge in [-0.1, -0.05) is 20.8 Å². The molecule has 1 aromatic heterocycles. The normalized spacial score (nSPS) is 17.5. The van der Waals surface area contributed by atoms with Gasteiger partial charge in [0.1, 0.15) is 5.60 Å². The Morgan fingerprint density at radius 1 is 1.47 bits per heavy atom. The van der Waals surface area contributed by atoms with E-state index in [1.54, 1.807) is 0 Å². The van der Waals surface area contributed by atoms with Crippen molar-refractivity contribution >= 4 is 0 Å². The van der Waals surface area contributed by atoms with Crippen LogP contribution in [-0.4, -0.2) is 28.0 Å². The van der Waals surface area contributed by atoms with E-state index in [0.29, 0.717) is 6.04 Å². The molecule has 1 aliphatic carbocycles. The van der Waals surface area contributed by atoms with Gasteiger partial charge in [0.15, 0.2) is 5.75 Å². The molecule has 0 radical (unpaired) electrons. The third-order valence-electron chi connectivity index (χ3n) is 3.79. The molecule has 4 heteroatoms. The van der Waals surface area contributed by atoms with E-state index in [4.69, 9.17) is 4.74 Å². The highest BCUT2D eigenvalue weighted by atomic mass is 16.5. The molecule has 0 amide bonds. The molecule has 0 aliphatic heterocycles.